The number of carbonyl (C=O) groups is 1. The summed E-state index contributed by atoms with van der Waals surface area (Å²) in [5.74, 6) is -2.52. The highest BCUT2D eigenvalue weighted by atomic mass is 16.7. The highest BCUT2D eigenvalue weighted by molar-refractivity contribution is 5.89. The van der Waals surface area contributed by atoms with E-state index >= 15 is 0 Å². The fraction of sp³-hybridized carbons (Fsp3) is 0.200. The number of hydrogen-bond donors (Lipinski definition) is 7. The second kappa shape index (κ2) is 11.9. The molecule has 12 nitrogen and oxygen atoms in total. The molecule has 5 rings (SSSR count). The highest BCUT2D eigenvalue weighted by Crippen LogP contribution is 2.42. The third-order valence-corrected chi connectivity index (χ3v) is 6.57. The zero-order valence-electron chi connectivity index (χ0n) is 21.8. The van der Waals surface area contributed by atoms with Crippen molar-refractivity contribution in [3.05, 3.63) is 78.4 Å². The summed E-state index contributed by atoms with van der Waals surface area (Å²) >= 11 is 0. The van der Waals surface area contributed by atoms with E-state index in [0.29, 0.717) is 0 Å². The van der Waals surface area contributed by atoms with Crippen LogP contribution in [0.2, 0.25) is 0 Å². The van der Waals surface area contributed by atoms with Gasteiger partial charge >= 0.3 is 17.3 Å². The van der Waals surface area contributed by atoms with Crippen LogP contribution in [0.4, 0.5) is 0 Å². The largest absolute Gasteiger partial charge is 0.507 e. The minimum atomic E-state index is -1.78. The van der Waals surface area contributed by atoms with E-state index in [-0.39, 0.29) is 39.5 Å². The predicted molar refractivity (Wildman–Crippen MR) is 146 cm³/mol. The number of hydrogen-bond acceptors (Lipinski definition) is 11. The topological polar surface area (TPSA) is 198 Å². The summed E-state index contributed by atoms with van der Waals surface area (Å²) < 4.78 is 22.6. The third-order valence-electron chi connectivity index (χ3n) is 6.57. The van der Waals surface area contributed by atoms with Gasteiger partial charge in [0.1, 0.15) is 47.9 Å². The molecule has 42 heavy (non-hydrogen) atoms. The summed E-state index contributed by atoms with van der Waals surface area (Å²) in [4.78, 5) is 12.2. The molecule has 1 aliphatic heterocycles. The Kier molecular flexibility index (Phi) is 8.13. The van der Waals surface area contributed by atoms with Crippen molar-refractivity contribution in [2.24, 2.45) is 0 Å². The van der Waals surface area contributed by atoms with Gasteiger partial charge in [0.05, 0.1) is 11.6 Å². The lowest BCUT2D eigenvalue weighted by molar-refractivity contribution is -0.278. The molecule has 0 unspecified atom stereocenters. The summed E-state index contributed by atoms with van der Waals surface area (Å²) in [5, 5.41) is 71.8. The maximum atomic E-state index is 12.2. The fourth-order valence-corrected chi connectivity index (χ4v) is 4.36. The molecular formula is C30H27O12+. The van der Waals surface area contributed by atoms with Crippen LogP contribution in [0.25, 0.3) is 28.4 Å². The van der Waals surface area contributed by atoms with Crippen molar-refractivity contribution in [1.29, 1.82) is 0 Å². The number of esters is 1. The molecule has 1 aromatic heterocycles. The summed E-state index contributed by atoms with van der Waals surface area (Å²) in [5.41, 5.74) is 0.970. The first kappa shape index (κ1) is 28.6. The Hall–Kier alpha value is -4.88. The Morgan fingerprint density at radius 2 is 1.62 bits per heavy atom. The van der Waals surface area contributed by atoms with E-state index in [1.165, 1.54) is 36.4 Å². The van der Waals surface area contributed by atoms with Crippen molar-refractivity contribution in [3.8, 4) is 40.1 Å². The van der Waals surface area contributed by atoms with Gasteiger partial charge < -0.3 is 50.0 Å². The van der Waals surface area contributed by atoms with E-state index < -0.39 is 54.8 Å². The second-order valence-electron chi connectivity index (χ2n) is 9.53. The third kappa shape index (κ3) is 6.06. The summed E-state index contributed by atoms with van der Waals surface area (Å²) in [6, 6.07) is 16.3. The molecule has 7 N–H and O–H groups in total. The molecule has 2 heterocycles. The van der Waals surface area contributed by atoms with Gasteiger partial charge in [-0.05, 0) is 23.8 Å². The Balaban J connectivity index is 1.41. The Bertz CT molecular complexity index is 1620. The van der Waals surface area contributed by atoms with E-state index in [2.05, 4.69) is 0 Å². The number of aromatic hydroxyl groups is 4. The van der Waals surface area contributed by atoms with Gasteiger partial charge in [-0.25, -0.2) is 9.21 Å². The molecule has 0 saturated carbocycles. The molecule has 0 spiro atoms. The van der Waals surface area contributed by atoms with Crippen LogP contribution in [0.15, 0.2) is 77.2 Å². The van der Waals surface area contributed by atoms with Crippen LogP contribution in [0.3, 0.4) is 0 Å². The lowest BCUT2D eigenvalue weighted by Gasteiger charge is -2.39. The highest BCUT2D eigenvalue weighted by Gasteiger charge is 2.46. The number of benzene rings is 3. The maximum Gasteiger partial charge on any atom is 0.402 e. The number of fused-ring (bicyclic) bond motifs is 1. The first-order chi connectivity index (χ1) is 20.1. The molecule has 12 heteroatoms. The molecule has 3 aromatic carbocycles. The van der Waals surface area contributed by atoms with Crippen molar-refractivity contribution in [1.82, 2.24) is 0 Å². The lowest BCUT2D eigenvalue weighted by atomic mass is 9.99. The molecule has 0 aliphatic carbocycles. The first-order valence-corrected chi connectivity index (χ1v) is 12.7. The summed E-state index contributed by atoms with van der Waals surface area (Å²) in [7, 11) is 0. The van der Waals surface area contributed by atoms with Gasteiger partial charge in [-0.15, -0.1) is 0 Å². The van der Waals surface area contributed by atoms with E-state index in [1.54, 1.807) is 24.3 Å². The van der Waals surface area contributed by atoms with Crippen LogP contribution in [-0.2, 0) is 14.3 Å². The SMILES string of the molecule is O=C(/C=C/c1ccccc1)OC[C@H]1O[C@@H](Oc2cc3c(O)cc(O)cc3[o+]c2-c2ccc(O)c(O)c2)[C@H](O)[C@@H](O)[C@@H]1O. The van der Waals surface area contributed by atoms with Crippen molar-refractivity contribution in [2.45, 2.75) is 30.7 Å². The quantitative estimate of drug-likeness (QED) is 0.0732. The fourth-order valence-electron chi connectivity index (χ4n) is 4.36. The van der Waals surface area contributed by atoms with Gasteiger partial charge in [0.15, 0.2) is 11.5 Å². The molecule has 0 amide bonds. The lowest BCUT2D eigenvalue weighted by Crippen LogP contribution is -2.60. The minimum Gasteiger partial charge on any atom is -0.507 e. The van der Waals surface area contributed by atoms with Crippen LogP contribution in [0.1, 0.15) is 5.56 Å². The standard InChI is InChI=1S/C30H26O12/c31-17-11-20(33)18-13-23(29(40-22(18)12-17)16-7-8-19(32)21(34)10-16)41-30-28(38)27(37)26(36)24(42-30)14-39-25(35)9-6-15-4-2-1-3-5-15/h1-13,24,26-28,30,36-38H,14H2,(H3-,31,32,33,34)/p+1/b9-6+/t24-,26-,27+,28-,30-/m1/s1. The Labute approximate surface area is 238 Å². The summed E-state index contributed by atoms with van der Waals surface area (Å²) in [6.07, 6.45) is -5.43. The van der Waals surface area contributed by atoms with Crippen LogP contribution in [-0.4, -0.2) is 79.0 Å². The van der Waals surface area contributed by atoms with Gasteiger partial charge in [-0.3, -0.25) is 0 Å². The van der Waals surface area contributed by atoms with Gasteiger partial charge in [-0.2, -0.15) is 0 Å². The number of ether oxygens (including phenoxy) is 3. The molecule has 1 saturated heterocycles. The number of carbonyl (C=O) groups excluding carboxylic acids is 1. The van der Waals surface area contributed by atoms with E-state index in [1.807, 2.05) is 6.07 Å². The molecular weight excluding hydrogens is 552 g/mol. The molecule has 0 radical (unpaired) electrons. The van der Waals surface area contributed by atoms with Crippen molar-refractivity contribution >= 4 is 23.0 Å². The van der Waals surface area contributed by atoms with Gasteiger partial charge in [0.2, 0.25) is 12.0 Å². The zero-order valence-corrected chi connectivity index (χ0v) is 21.8. The zero-order chi connectivity index (χ0) is 30.0. The van der Waals surface area contributed by atoms with Gasteiger partial charge in [0, 0.05) is 24.3 Å². The molecule has 0 bridgehead atoms. The van der Waals surface area contributed by atoms with Crippen molar-refractivity contribution in [2.75, 3.05) is 6.61 Å². The monoisotopic (exact) mass is 579 g/mol. The van der Waals surface area contributed by atoms with Crippen LogP contribution < -0.4 is 4.74 Å². The van der Waals surface area contributed by atoms with E-state index in [9.17, 15) is 40.5 Å². The molecule has 5 atom stereocenters. The van der Waals surface area contributed by atoms with Crippen molar-refractivity contribution in [3.63, 3.8) is 0 Å². The first-order valence-electron chi connectivity index (χ1n) is 12.7. The van der Waals surface area contributed by atoms with Crippen LogP contribution in [0.5, 0.6) is 28.7 Å². The number of phenolic OH excluding ortho intramolecular Hbond substituents is 4. The average Bonchev–Trinajstić information content (AvgIpc) is 2.97. The average molecular weight is 580 g/mol. The number of aliphatic hydroxyl groups is 3. The normalized spacial score (nSPS) is 22.3. The second-order valence-corrected chi connectivity index (χ2v) is 9.53. The molecule has 1 aliphatic rings. The molecule has 4 aromatic rings. The predicted octanol–water partition coefficient (Wildman–Crippen LogP) is 2.65. The van der Waals surface area contributed by atoms with Gasteiger partial charge in [0.25, 0.3) is 0 Å². The van der Waals surface area contributed by atoms with Crippen LogP contribution >= 0.6 is 0 Å². The minimum absolute atomic E-state index is 0.0244. The van der Waals surface area contributed by atoms with Crippen LogP contribution in [0, 0.1) is 0 Å². The smallest absolute Gasteiger partial charge is 0.402 e. The number of phenols is 4. The van der Waals surface area contributed by atoms with Crippen molar-refractivity contribution < 1.29 is 59.2 Å². The number of rotatable bonds is 7. The van der Waals surface area contributed by atoms with E-state index in [4.69, 9.17) is 18.6 Å². The Morgan fingerprint density at radius 1 is 0.857 bits per heavy atom. The molecule has 1 fully saturated rings. The summed E-state index contributed by atoms with van der Waals surface area (Å²) in [6.45, 7) is -0.496. The maximum absolute atomic E-state index is 12.2. The van der Waals surface area contributed by atoms with E-state index in [0.717, 1.165) is 17.7 Å². The Morgan fingerprint density at radius 3 is 2.36 bits per heavy atom. The van der Waals surface area contributed by atoms with Gasteiger partial charge in [-0.1, -0.05) is 30.3 Å². The number of aliphatic hydroxyl groups excluding tert-OH is 3. The molecule has 218 valence electrons.